The van der Waals surface area contributed by atoms with E-state index in [-0.39, 0.29) is 5.56 Å². The molecule has 4 aromatic rings. The van der Waals surface area contributed by atoms with Crippen LogP contribution in [0.5, 0.6) is 5.75 Å². The second-order valence-electron chi connectivity index (χ2n) is 6.20. The van der Waals surface area contributed by atoms with Crippen molar-refractivity contribution in [3.63, 3.8) is 0 Å². The van der Waals surface area contributed by atoms with Gasteiger partial charge in [0, 0.05) is 4.88 Å². The lowest BCUT2D eigenvalue weighted by Gasteiger charge is -2.04. The number of thiophene rings is 1. The van der Waals surface area contributed by atoms with Crippen LogP contribution >= 0.6 is 22.7 Å². The van der Waals surface area contributed by atoms with Crippen molar-refractivity contribution >= 4 is 45.9 Å². The van der Waals surface area contributed by atoms with E-state index in [1.807, 2.05) is 60.0 Å². The second kappa shape index (κ2) is 8.50. The van der Waals surface area contributed by atoms with Gasteiger partial charge in [0.1, 0.15) is 5.75 Å². The first kappa shape index (κ1) is 18.6. The fraction of sp³-hybridized carbons (Fsp3) is 0.190. The van der Waals surface area contributed by atoms with Crippen molar-refractivity contribution in [2.24, 2.45) is 0 Å². The van der Waals surface area contributed by atoms with Crippen LogP contribution in [0.3, 0.4) is 0 Å². The average Bonchev–Trinajstić information content (AvgIpc) is 3.41. The lowest BCUT2D eigenvalue weighted by molar-refractivity contribution is 0.309. The molecule has 0 aliphatic heterocycles. The highest BCUT2D eigenvalue weighted by atomic mass is 32.1. The summed E-state index contributed by atoms with van der Waals surface area (Å²) in [7, 11) is 0. The maximum absolute atomic E-state index is 12.6. The van der Waals surface area contributed by atoms with Crippen LogP contribution < -0.4 is 14.8 Å². The Morgan fingerprint density at radius 3 is 2.75 bits per heavy atom. The van der Waals surface area contributed by atoms with Crippen LogP contribution in [0.2, 0.25) is 0 Å². The second-order valence-corrected chi connectivity index (χ2v) is 8.19. The molecule has 142 valence electrons. The van der Waals surface area contributed by atoms with E-state index in [0.29, 0.717) is 15.3 Å². The molecule has 0 amide bonds. The van der Waals surface area contributed by atoms with Crippen molar-refractivity contribution in [3.8, 4) is 5.75 Å². The van der Waals surface area contributed by atoms with Gasteiger partial charge in [-0.05, 0) is 53.8 Å². The summed E-state index contributed by atoms with van der Waals surface area (Å²) in [5.74, 6) is 1.38. The van der Waals surface area contributed by atoms with Crippen molar-refractivity contribution in [2.45, 2.75) is 19.8 Å². The highest BCUT2D eigenvalue weighted by Gasteiger charge is 2.08. The maximum Gasteiger partial charge on any atom is 0.291 e. The van der Waals surface area contributed by atoms with Gasteiger partial charge >= 0.3 is 0 Å². The number of hydrogen-bond acceptors (Lipinski definition) is 6. The SMILES string of the molecule is CCCCOc1ccc(/C=c2\sc3nc(/C=C/c4cccs4)nn3c2=O)cc1. The molecule has 0 radical (unpaired) electrons. The normalized spacial score (nSPS) is 12.4. The van der Waals surface area contributed by atoms with Gasteiger partial charge in [0.15, 0.2) is 5.82 Å². The quantitative estimate of drug-likeness (QED) is 0.431. The molecule has 0 fully saturated rings. The Kier molecular flexibility index (Phi) is 5.64. The third kappa shape index (κ3) is 4.21. The smallest absolute Gasteiger partial charge is 0.291 e. The maximum atomic E-state index is 12.6. The fourth-order valence-corrected chi connectivity index (χ4v) is 4.14. The van der Waals surface area contributed by atoms with Crippen LogP contribution in [0.1, 0.15) is 36.0 Å². The van der Waals surface area contributed by atoms with Gasteiger partial charge in [-0.25, -0.2) is 0 Å². The molecular weight excluding hydrogens is 390 g/mol. The first-order valence-corrected chi connectivity index (χ1v) is 10.8. The number of rotatable bonds is 7. The number of hydrogen-bond donors (Lipinski definition) is 0. The summed E-state index contributed by atoms with van der Waals surface area (Å²) in [6, 6.07) is 11.8. The van der Waals surface area contributed by atoms with Crippen molar-refractivity contribution in [3.05, 3.63) is 72.9 Å². The molecule has 4 rings (SSSR count). The average molecular weight is 410 g/mol. The Bertz CT molecular complexity index is 1190. The number of benzene rings is 1. The molecule has 0 atom stereocenters. The molecule has 0 saturated heterocycles. The van der Waals surface area contributed by atoms with E-state index in [1.54, 1.807) is 11.3 Å². The molecule has 0 spiro atoms. The van der Waals surface area contributed by atoms with Gasteiger partial charge in [-0.2, -0.15) is 9.50 Å². The van der Waals surface area contributed by atoms with Gasteiger partial charge in [-0.1, -0.05) is 42.9 Å². The topological polar surface area (TPSA) is 56.5 Å². The van der Waals surface area contributed by atoms with Gasteiger partial charge in [0.2, 0.25) is 4.96 Å². The van der Waals surface area contributed by atoms with E-state index >= 15 is 0 Å². The molecule has 1 aromatic carbocycles. The fourth-order valence-electron chi connectivity index (χ4n) is 2.61. The van der Waals surface area contributed by atoms with Crippen LogP contribution in [0.25, 0.3) is 23.2 Å². The first-order valence-electron chi connectivity index (χ1n) is 9.08. The number of thiazole rings is 1. The van der Waals surface area contributed by atoms with Crippen LogP contribution in [-0.2, 0) is 0 Å². The molecule has 7 heteroatoms. The summed E-state index contributed by atoms with van der Waals surface area (Å²) in [6.07, 6.45) is 7.79. The summed E-state index contributed by atoms with van der Waals surface area (Å²) < 4.78 is 7.65. The van der Waals surface area contributed by atoms with Gasteiger partial charge in [-0.15, -0.1) is 16.4 Å². The molecule has 3 heterocycles. The molecule has 0 aliphatic carbocycles. The number of fused-ring (bicyclic) bond motifs is 1. The Labute approximate surface area is 170 Å². The van der Waals surface area contributed by atoms with E-state index in [0.717, 1.165) is 35.6 Å². The Hall–Kier alpha value is -2.77. The predicted molar refractivity (Wildman–Crippen MR) is 116 cm³/mol. The van der Waals surface area contributed by atoms with Crippen LogP contribution in [0.15, 0.2) is 46.6 Å². The Morgan fingerprint density at radius 2 is 2.04 bits per heavy atom. The third-order valence-electron chi connectivity index (χ3n) is 4.08. The minimum absolute atomic E-state index is 0.147. The standard InChI is InChI=1S/C21H19N3O2S2/c1-2-3-12-26-16-8-6-15(7-9-16)14-18-20(25)24-21(28-18)22-19(23-24)11-10-17-5-4-13-27-17/h4-11,13-14H,2-3,12H2,1H3/b11-10+,18-14-. The number of nitrogens with zero attached hydrogens (tertiary/aromatic N) is 3. The summed E-state index contributed by atoms with van der Waals surface area (Å²) >= 11 is 2.98. The van der Waals surface area contributed by atoms with Gasteiger partial charge < -0.3 is 4.74 Å². The van der Waals surface area contributed by atoms with Crippen LogP contribution in [0, 0.1) is 0 Å². The summed E-state index contributed by atoms with van der Waals surface area (Å²) in [4.78, 5) is 18.8. The van der Waals surface area contributed by atoms with Crippen molar-refractivity contribution in [1.29, 1.82) is 0 Å². The van der Waals surface area contributed by atoms with Crippen molar-refractivity contribution in [2.75, 3.05) is 6.61 Å². The zero-order valence-electron chi connectivity index (χ0n) is 15.4. The van der Waals surface area contributed by atoms with E-state index in [1.165, 1.54) is 15.9 Å². The zero-order chi connectivity index (χ0) is 19.3. The Balaban J connectivity index is 1.55. The minimum Gasteiger partial charge on any atom is -0.494 e. The molecular formula is C21H19N3O2S2. The lowest BCUT2D eigenvalue weighted by Crippen LogP contribution is -2.23. The molecule has 3 aromatic heterocycles. The summed E-state index contributed by atoms with van der Waals surface area (Å²) in [5.41, 5.74) is 0.800. The highest BCUT2D eigenvalue weighted by Crippen LogP contribution is 2.14. The van der Waals surface area contributed by atoms with Gasteiger partial charge in [0.05, 0.1) is 11.1 Å². The van der Waals surface area contributed by atoms with E-state index in [4.69, 9.17) is 4.74 Å². The lowest BCUT2D eigenvalue weighted by atomic mass is 10.2. The Morgan fingerprint density at radius 1 is 1.18 bits per heavy atom. The van der Waals surface area contributed by atoms with Crippen LogP contribution in [-0.4, -0.2) is 21.2 Å². The monoisotopic (exact) mass is 409 g/mol. The van der Waals surface area contributed by atoms with E-state index in [2.05, 4.69) is 17.0 Å². The number of ether oxygens (including phenoxy) is 1. The summed E-state index contributed by atoms with van der Waals surface area (Å²) in [5, 5.41) is 6.33. The number of unbranched alkanes of at least 4 members (excludes halogenated alkanes) is 1. The van der Waals surface area contributed by atoms with Gasteiger partial charge in [-0.3, -0.25) is 4.79 Å². The van der Waals surface area contributed by atoms with Gasteiger partial charge in [0.25, 0.3) is 5.56 Å². The molecule has 0 bridgehead atoms. The molecule has 0 aliphatic rings. The minimum atomic E-state index is -0.147. The molecule has 0 saturated carbocycles. The molecule has 28 heavy (non-hydrogen) atoms. The molecule has 0 N–H and O–H groups in total. The van der Waals surface area contributed by atoms with E-state index in [9.17, 15) is 4.79 Å². The van der Waals surface area contributed by atoms with E-state index < -0.39 is 0 Å². The highest BCUT2D eigenvalue weighted by molar-refractivity contribution is 7.15. The van der Waals surface area contributed by atoms with Crippen molar-refractivity contribution in [1.82, 2.24) is 14.6 Å². The molecule has 5 nitrogen and oxygen atoms in total. The predicted octanol–water partition coefficient (Wildman–Crippen LogP) is 4.11. The van der Waals surface area contributed by atoms with Crippen LogP contribution in [0.4, 0.5) is 0 Å². The molecule has 0 unspecified atom stereocenters. The zero-order valence-corrected chi connectivity index (χ0v) is 17.0. The largest absolute Gasteiger partial charge is 0.494 e. The first-order chi connectivity index (χ1) is 13.7. The summed E-state index contributed by atoms with van der Waals surface area (Å²) in [6.45, 7) is 2.86. The third-order valence-corrected chi connectivity index (χ3v) is 5.88. The van der Waals surface area contributed by atoms with Crippen molar-refractivity contribution < 1.29 is 4.74 Å². The number of aromatic nitrogens is 3.